The fraction of sp³-hybridized carbons (Fsp3) is 0.650. The van der Waals surface area contributed by atoms with Crippen molar-refractivity contribution in [2.45, 2.75) is 52.1 Å². The molecular formula is C20H26O2. The Bertz CT molecular complexity index is 613. The summed E-state index contributed by atoms with van der Waals surface area (Å²) in [5.41, 5.74) is 2.37. The quantitative estimate of drug-likeness (QED) is 0.738. The molecule has 2 nitrogen and oxygen atoms in total. The molecular weight excluding hydrogens is 272 g/mol. The van der Waals surface area contributed by atoms with Gasteiger partial charge in [0.05, 0.1) is 6.10 Å². The van der Waals surface area contributed by atoms with Crippen molar-refractivity contribution in [3.05, 3.63) is 36.0 Å². The molecule has 2 unspecified atom stereocenters. The van der Waals surface area contributed by atoms with E-state index >= 15 is 0 Å². The number of hydrogen-bond acceptors (Lipinski definition) is 2. The van der Waals surface area contributed by atoms with E-state index in [1.807, 2.05) is 6.08 Å². The Labute approximate surface area is 133 Å². The van der Waals surface area contributed by atoms with Crippen molar-refractivity contribution in [1.29, 1.82) is 0 Å². The molecule has 118 valence electrons. The zero-order valence-electron chi connectivity index (χ0n) is 13.6. The van der Waals surface area contributed by atoms with Gasteiger partial charge in [0.2, 0.25) is 0 Å². The maximum Gasteiger partial charge on any atom is 0.178 e. The third-order valence-electron chi connectivity index (χ3n) is 7.48. The summed E-state index contributed by atoms with van der Waals surface area (Å²) >= 11 is 0. The van der Waals surface area contributed by atoms with Crippen molar-refractivity contribution in [2.24, 2.45) is 28.6 Å². The van der Waals surface area contributed by atoms with E-state index in [1.54, 1.807) is 6.08 Å². The number of aliphatic hydroxyl groups is 1. The van der Waals surface area contributed by atoms with Crippen LogP contribution in [-0.2, 0) is 4.79 Å². The minimum absolute atomic E-state index is 0.0389. The van der Waals surface area contributed by atoms with Crippen LogP contribution >= 0.6 is 0 Å². The van der Waals surface area contributed by atoms with Gasteiger partial charge in [-0.3, -0.25) is 4.79 Å². The molecule has 0 aromatic carbocycles. The van der Waals surface area contributed by atoms with Crippen molar-refractivity contribution in [3.63, 3.8) is 0 Å². The summed E-state index contributed by atoms with van der Waals surface area (Å²) in [6.45, 7) is 8.89. The lowest BCUT2D eigenvalue weighted by Gasteiger charge is -2.57. The van der Waals surface area contributed by atoms with Crippen molar-refractivity contribution >= 4 is 5.78 Å². The van der Waals surface area contributed by atoms with Gasteiger partial charge in [-0.25, -0.2) is 0 Å². The minimum Gasteiger partial charge on any atom is -0.393 e. The molecule has 4 rings (SSSR count). The fourth-order valence-corrected chi connectivity index (χ4v) is 6.18. The molecule has 6 atom stereocenters. The van der Waals surface area contributed by atoms with Gasteiger partial charge in [-0.1, -0.05) is 32.1 Å². The first-order valence-electron chi connectivity index (χ1n) is 8.68. The highest BCUT2D eigenvalue weighted by Crippen LogP contribution is 2.65. The Balaban J connectivity index is 1.76. The molecule has 2 heteroatoms. The second-order valence-electron chi connectivity index (χ2n) is 8.40. The van der Waals surface area contributed by atoms with Gasteiger partial charge in [0.25, 0.3) is 0 Å². The maximum absolute atomic E-state index is 11.8. The van der Waals surface area contributed by atoms with Gasteiger partial charge in [0.1, 0.15) is 0 Å². The highest BCUT2D eigenvalue weighted by Gasteiger charge is 2.58. The Morgan fingerprint density at radius 3 is 2.77 bits per heavy atom. The molecule has 22 heavy (non-hydrogen) atoms. The second-order valence-corrected chi connectivity index (χ2v) is 8.40. The molecule has 4 aliphatic carbocycles. The molecule has 3 fully saturated rings. The number of hydrogen-bond donors (Lipinski definition) is 1. The van der Waals surface area contributed by atoms with Gasteiger partial charge < -0.3 is 5.11 Å². The van der Waals surface area contributed by atoms with E-state index in [0.717, 1.165) is 37.7 Å². The Kier molecular flexibility index (Phi) is 2.92. The van der Waals surface area contributed by atoms with Crippen LogP contribution in [0.4, 0.5) is 0 Å². The van der Waals surface area contributed by atoms with Crippen molar-refractivity contribution < 1.29 is 9.90 Å². The fourth-order valence-electron chi connectivity index (χ4n) is 6.18. The normalized spacial score (nSPS) is 50.2. The molecule has 1 N–H and O–H groups in total. The van der Waals surface area contributed by atoms with Gasteiger partial charge in [0, 0.05) is 5.41 Å². The van der Waals surface area contributed by atoms with Crippen LogP contribution in [0.15, 0.2) is 36.0 Å². The van der Waals surface area contributed by atoms with E-state index in [0.29, 0.717) is 17.8 Å². The predicted molar refractivity (Wildman–Crippen MR) is 87.1 cm³/mol. The van der Waals surface area contributed by atoms with Crippen LogP contribution in [0, 0.1) is 28.6 Å². The number of carbonyl (C=O) groups excluding carboxylic acids is 1. The van der Waals surface area contributed by atoms with Crippen LogP contribution in [-0.4, -0.2) is 17.0 Å². The molecule has 0 spiro atoms. The summed E-state index contributed by atoms with van der Waals surface area (Å²) in [4.78, 5) is 11.8. The molecule has 0 radical (unpaired) electrons. The average molecular weight is 298 g/mol. The Hall–Kier alpha value is -1.15. The van der Waals surface area contributed by atoms with E-state index < -0.39 is 0 Å². The number of fused-ring (bicyclic) bond motifs is 5. The molecule has 0 bridgehead atoms. The van der Waals surface area contributed by atoms with Crippen LogP contribution in [0.2, 0.25) is 0 Å². The van der Waals surface area contributed by atoms with Crippen molar-refractivity contribution in [2.75, 3.05) is 0 Å². The number of ketones is 1. The number of aliphatic hydroxyl groups excluding tert-OH is 1. The first kappa shape index (κ1) is 14.4. The summed E-state index contributed by atoms with van der Waals surface area (Å²) in [6.07, 6.45) is 10.9. The van der Waals surface area contributed by atoms with E-state index in [4.69, 9.17) is 0 Å². The second kappa shape index (κ2) is 4.44. The van der Waals surface area contributed by atoms with Gasteiger partial charge in [-0.2, -0.15) is 0 Å². The maximum atomic E-state index is 11.8. The molecule has 0 aliphatic heterocycles. The third-order valence-corrected chi connectivity index (χ3v) is 7.48. The van der Waals surface area contributed by atoms with Crippen LogP contribution < -0.4 is 0 Å². The molecule has 0 saturated heterocycles. The highest BCUT2D eigenvalue weighted by molar-refractivity contribution is 6.01. The van der Waals surface area contributed by atoms with Gasteiger partial charge in [0.15, 0.2) is 5.78 Å². The summed E-state index contributed by atoms with van der Waals surface area (Å²) in [7, 11) is 0. The minimum atomic E-state index is -0.139. The zero-order chi connectivity index (χ0) is 15.7. The van der Waals surface area contributed by atoms with E-state index in [-0.39, 0.29) is 22.7 Å². The highest BCUT2D eigenvalue weighted by atomic mass is 16.3. The van der Waals surface area contributed by atoms with Crippen LogP contribution in [0.25, 0.3) is 0 Å². The van der Waals surface area contributed by atoms with Gasteiger partial charge >= 0.3 is 0 Å². The molecule has 0 heterocycles. The lowest BCUT2D eigenvalue weighted by Crippen LogP contribution is -2.50. The summed E-state index contributed by atoms with van der Waals surface area (Å²) < 4.78 is 0. The Morgan fingerprint density at radius 2 is 2.00 bits per heavy atom. The van der Waals surface area contributed by atoms with E-state index in [1.165, 1.54) is 5.57 Å². The average Bonchev–Trinajstić information content (AvgIpc) is 2.77. The van der Waals surface area contributed by atoms with Crippen molar-refractivity contribution in [1.82, 2.24) is 0 Å². The van der Waals surface area contributed by atoms with E-state index in [9.17, 15) is 9.90 Å². The third kappa shape index (κ3) is 1.68. The van der Waals surface area contributed by atoms with Crippen LogP contribution in [0.3, 0.4) is 0 Å². The largest absolute Gasteiger partial charge is 0.393 e. The molecule has 0 aromatic rings. The van der Waals surface area contributed by atoms with Gasteiger partial charge in [-0.05, 0) is 73.0 Å². The van der Waals surface area contributed by atoms with E-state index in [2.05, 4.69) is 26.5 Å². The zero-order valence-corrected chi connectivity index (χ0v) is 13.6. The first-order valence-corrected chi connectivity index (χ1v) is 8.68. The molecule has 4 aliphatic rings. The number of rotatable bonds is 0. The summed E-state index contributed by atoms with van der Waals surface area (Å²) in [5, 5.41) is 10.5. The summed E-state index contributed by atoms with van der Waals surface area (Å²) in [5.74, 6) is 1.88. The first-order chi connectivity index (χ1) is 10.4. The Morgan fingerprint density at radius 1 is 1.23 bits per heavy atom. The topological polar surface area (TPSA) is 37.3 Å². The smallest absolute Gasteiger partial charge is 0.178 e. The van der Waals surface area contributed by atoms with Gasteiger partial charge in [-0.15, -0.1) is 0 Å². The number of carbonyl (C=O) groups is 1. The molecule has 0 amide bonds. The lowest BCUT2D eigenvalue weighted by atomic mass is 9.47. The van der Waals surface area contributed by atoms with Crippen molar-refractivity contribution in [3.8, 4) is 0 Å². The monoisotopic (exact) mass is 298 g/mol. The van der Waals surface area contributed by atoms with Crippen LogP contribution in [0.1, 0.15) is 46.0 Å². The predicted octanol–water partition coefficient (Wildman–Crippen LogP) is 3.82. The standard InChI is InChI=1S/C20H26O2/c1-12-10-14-15-4-5-18(22)20(15,3)9-7-16(14)19(2)8-6-13(21)11-17(12)19/h6,8,11,14-16,18,22H,1,4-5,7,9-10H2,2-3H3/t14-,15-,16?,18?,19+,20-/m0/s1. The summed E-state index contributed by atoms with van der Waals surface area (Å²) in [6, 6.07) is 0. The number of allylic oxidation sites excluding steroid dienone is 5. The lowest BCUT2D eigenvalue weighted by molar-refractivity contribution is -0.111. The van der Waals surface area contributed by atoms with Crippen LogP contribution in [0.5, 0.6) is 0 Å². The molecule has 3 saturated carbocycles. The SMILES string of the molecule is C=C1C[C@@H]2C(CC[C@]3(C)C(O)CC[C@@H]23)[C@@]2(C)C=CC(=O)C=C12. The molecule has 0 aromatic heterocycles.